The molecule has 1 nitrogen and oxygen atoms in total. The molecule has 0 aromatic heterocycles. The molecule has 0 unspecified atom stereocenters. The van der Waals surface area contributed by atoms with E-state index in [0.29, 0.717) is 0 Å². The van der Waals surface area contributed by atoms with Gasteiger partial charge in [0.1, 0.15) is 5.82 Å². The van der Waals surface area contributed by atoms with Gasteiger partial charge in [0.15, 0.2) is 0 Å². The van der Waals surface area contributed by atoms with Crippen LogP contribution < -0.4 is 5.32 Å². The molecule has 1 aromatic rings. The van der Waals surface area contributed by atoms with E-state index >= 15 is 0 Å². The zero-order valence-electron chi connectivity index (χ0n) is 8.23. The lowest BCUT2D eigenvalue weighted by Gasteiger charge is -2.04. The fourth-order valence-electron chi connectivity index (χ4n) is 1.23. The van der Waals surface area contributed by atoms with E-state index in [0.717, 1.165) is 30.6 Å². The molecule has 0 saturated carbocycles. The molecule has 1 N–H and O–H groups in total. The smallest absolute Gasteiger partial charge is 0.126 e. The standard InChI is InChI=1S/C11H16FN/c1-3-6-13-8-10-4-5-11(12)9(2)7-10/h4-5,7,13H,3,6,8H2,1-2H3. The molecule has 2 heteroatoms. The van der Waals surface area contributed by atoms with Crippen molar-refractivity contribution < 1.29 is 4.39 Å². The summed E-state index contributed by atoms with van der Waals surface area (Å²) in [5.41, 5.74) is 1.86. The first-order valence-corrected chi connectivity index (χ1v) is 4.69. The van der Waals surface area contributed by atoms with Crippen molar-refractivity contribution in [1.29, 1.82) is 0 Å². The second kappa shape index (κ2) is 4.97. The minimum absolute atomic E-state index is 0.126. The first-order valence-electron chi connectivity index (χ1n) is 4.69. The van der Waals surface area contributed by atoms with E-state index in [1.807, 2.05) is 12.1 Å². The van der Waals surface area contributed by atoms with Crippen LogP contribution in [0.4, 0.5) is 4.39 Å². The van der Waals surface area contributed by atoms with Crippen LogP contribution >= 0.6 is 0 Å². The molecular formula is C11H16FN. The van der Waals surface area contributed by atoms with Gasteiger partial charge in [0.05, 0.1) is 0 Å². The number of rotatable bonds is 4. The van der Waals surface area contributed by atoms with Crippen LogP contribution in [0.15, 0.2) is 18.2 Å². The van der Waals surface area contributed by atoms with Gasteiger partial charge in [0.25, 0.3) is 0 Å². The summed E-state index contributed by atoms with van der Waals surface area (Å²) in [6, 6.07) is 5.24. The Balaban J connectivity index is 2.53. The number of hydrogen-bond donors (Lipinski definition) is 1. The van der Waals surface area contributed by atoms with Crippen LogP contribution in [-0.2, 0) is 6.54 Å². The molecule has 0 radical (unpaired) electrons. The molecule has 0 bridgehead atoms. The molecule has 0 heterocycles. The number of nitrogens with one attached hydrogen (secondary N) is 1. The molecule has 0 fully saturated rings. The van der Waals surface area contributed by atoms with Gasteiger partial charge in [-0.15, -0.1) is 0 Å². The van der Waals surface area contributed by atoms with Crippen molar-refractivity contribution in [3.8, 4) is 0 Å². The van der Waals surface area contributed by atoms with Crippen molar-refractivity contribution in [3.05, 3.63) is 35.1 Å². The largest absolute Gasteiger partial charge is 0.313 e. The van der Waals surface area contributed by atoms with E-state index in [1.165, 1.54) is 6.07 Å². The third kappa shape index (κ3) is 3.15. The molecule has 72 valence electrons. The van der Waals surface area contributed by atoms with Crippen LogP contribution in [-0.4, -0.2) is 6.54 Å². The highest BCUT2D eigenvalue weighted by atomic mass is 19.1. The summed E-state index contributed by atoms with van der Waals surface area (Å²) < 4.78 is 12.9. The minimum Gasteiger partial charge on any atom is -0.313 e. The van der Waals surface area contributed by atoms with Crippen molar-refractivity contribution in [3.63, 3.8) is 0 Å². The number of aryl methyl sites for hydroxylation is 1. The van der Waals surface area contributed by atoms with Gasteiger partial charge in [-0.2, -0.15) is 0 Å². The monoisotopic (exact) mass is 181 g/mol. The average Bonchev–Trinajstić information content (AvgIpc) is 2.12. The van der Waals surface area contributed by atoms with Gasteiger partial charge in [-0.1, -0.05) is 19.1 Å². The van der Waals surface area contributed by atoms with E-state index < -0.39 is 0 Å². The minimum atomic E-state index is -0.126. The molecular weight excluding hydrogens is 165 g/mol. The van der Waals surface area contributed by atoms with Crippen LogP contribution in [0.5, 0.6) is 0 Å². The Kier molecular flexibility index (Phi) is 3.90. The maximum absolute atomic E-state index is 12.9. The predicted molar refractivity (Wildman–Crippen MR) is 53.1 cm³/mol. The Morgan fingerprint density at radius 1 is 1.38 bits per heavy atom. The molecule has 0 saturated heterocycles. The Labute approximate surface area is 79.0 Å². The first-order chi connectivity index (χ1) is 6.24. The SMILES string of the molecule is CCCNCc1ccc(F)c(C)c1. The lowest BCUT2D eigenvalue weighted by atomic mass is 10.1. The molecule has 0 spiro atoms. The highest BCUT2D eigenvalue weighted by Gasteiger charge is 1.97. The van der Waals surface area contributed by atoms with Gasteiger partial charge in [-0.25, -0.2) is 4.39 Å². The summed E-state index contributed by atoms with van der Waals surface area (Å²) in [6.45, 7) is 5.76. The van der Waals surface area contributed by atoms with Gasteiger partial charge < -0.3 is 5.32 Å². The second-order valence-corrected chi connectivity index (χ2v) is 3.26. The number of hydrogen-bond acceptors (Lipinski definition) is 1. The van der Waals surface area contributed by atoms with Gasteiger partial charge in [0, 0.05) is 6.54 Å². The summed E-state index contributed by atoms with van der Waals surface area (Å²) >= 11 is 0. The maximum Gasteiger partial charge on any atom is 0.126 e. The van der Waals surface area contributed by atoms with Gasteiger partial charge in [0.2, 0.25) is 0 Å². The third-order valence-electron chi connectivity index (χ3n) is 1.98. The Bertz CT molecular complexity index is 271. The number of benzene rings is 1. The van der Waals surface area contributed by atoms with Crippen LogP contribution in [0.25, 0.3) is 0 Å². The second-order valence-electron chi connectivity index (χ2n) is 3.26. The van der Waals surface area contributed by atoms with E-state index in [2.05, 4.69) is 12.2 Å². The molecule has 13 heavy (non-hydrogen) atoms. The fraction of sp³-hybridized carbons (Fsp3) is 0.455. The van der Waals surface area contributed by atoms with Crippen LogP contribution in [0.1, 0.15) is 24.5 Å². The van der Waals surface area contributed by atoms with Crippen molar-refractivity contribution in [2.45, 2.75) is 26.8 Å². The topological polar surface area (TPSA) is 12.0 Å². The molecule has 1 rings (SSSR count). The fourth-order valence-corrected chi connectivity index (χ4v) is 1.23. The summed E-state index contributed by atoms with van der Waals surface area (Å²) in [7, 11) is 0. The third-order valence-corrected chi connectivity index (χ3v) is 1.98. The van der Waals surface area contributed by atoms with Crippen molar-refractivity contribution in [2.75, 3.05) is 6.54 Å². The van der Waals surface area contributed by atoms with Crippen LogP contribution in [0.2, 0.25) is 0 Å². The zero-order chi connectivity index (χ0) is 9.68. The van der Waals surface area contributed by atoms with Gasteiger partial charge in [-0.05, 0) is 37.1 Å². The molecule has 1 aromatic carbocycles. The summed E-state index contributed by atoms with van der Waals surface area (Å²) in [4.78, 5) is 0. The van der Waals surface area contributed by atoms with E-state index in [9.17, 15) is 4.39 Å². The summed E-state index contributed by atoms with van der Waals surface area (Å²) in [6.07, 6.45) is 1.13. The Morgan fingerprint density at radius 2 is 2.15 bits per heavy atom. The normalized spacial score (nSPS) is 10.4. The van der Waals surface area contributed by atoms with Gasteiger partial charge in [-0.3, -0.25) is 0 Å². The van der Waals surface area contributed by atoms with E-state index in [-0.39, 0.29) is 5.82 Å². The lowest BCUT2D eigenvalue weighted by molar-refractivity contribution is 0.615. The molecule has 0 amide bonds. The molecule has 0 aliphatic carbocycles. The Morgan fingerprint density at radius 3 is 2.77 bits per heavy atom. The summed E-state index contributed by atoms with van der Waals surface area (Å²) in [5, 5.41) is 3.28. The quantitative estimate of drug-likeness (QED) is 0.704. The predicted octanol–water partition coefficient (Wildman–Crippen LogP) is 2.63. The van der Waals surface area contributed by atoms with Crippen molar-refractivity contribution in [1.82, 2.24) is 5.32 Å². The molecule has 0 aliphatic rings. The van der Waals surface area contributed by atoms with E-state index in [4.69, 9.17) is 0 Å². The zero-order valence-corrected chi connectivity index (χ0v) is 8.23. The van der Waals surface area contributed by atoms with Crippen molar-refractivity contribution in [2.24, 2.45) is 0 Å². The molecule has 0 aliphatic heterocycles. The van der Waals surface area contributed by atoms with Crippen LogP contribution in [0.3, 0.4) is 0 Å². The number of halogens is 1. The van der Waals surface area contributed by atoms with E-state index in [1.54, 1.807) is 6.92 Å². The Hall–Kier alpha value is -0.890. The first kappa shape index (κ1) is 10.2. The highest BCUT2D eigenvalue weighted by Crippen LogP contribution is 2.08. The lowest BCUT2D eigenvalue weighted by Crippen LogP contribution is -2.13. The highest BCUT2D eigenvalue weighted by molar-refractivity contribution is 5.23. The van der Waals surface area contributed by atoms with Gasteiger partial charge >= 0.3 is 0 Å². The summed E-state index contributed by atoms with van der Waals surface area (Å²) in [5.74, 6) is -0.126. The molecule has 0 atom stereocenters. The maximum atomic E-state index is 12.9. The average molecular weight is 181 g/mol. The van der Waals surface area contributed by atoms with Crippen molar-refractivity contribution >= 4 is 0 Å². The van der Waals surface area contributed by atoms with Crippen LogP contribution in [0, 0.1) is 12.7 Å².